The molecule has 1 fully saturated rings. The molecule has 2 aromatic carbocycles. The predicted molar refractivity (Wildman–Crippen MR) is 100 cm³/mol. The lowest BCUT2D eigenvalue weighted by atomic mass is 10.1. The van der Waals surface area contributed by atoms with Crippen LogP contribution in [0.2, 0.25) is 0 Å². The number of nitrogens with zero attached hydrogens (tertiary/aromatic N) is 3. The van der Waals surface area contributed by atoms with Gasteiger partial charge in [0.2, 0.25) is 0 Å². The lowest BCUT2D eigenvalue weighted by Gasteiger charge is -2.23. The van der Waals surface area contributed by atoms with E-state index in [0.717, 1.165) is 16.0 Å². The molecule has 2 N–H and O–H groups in total. The van der Waals surface area contributed by atoms with Crippen LogP contribution in [-0.2, 0) is 9.63 Å². The van der Waals surface area contributed by atoms with Crippen molar-refractivity contribution < 1.29 is 27.6 Å². The molecule has 1 atom stereocenters. The Morgan fingerprint density at radius 2 is 1.87 bits per heavy atom. The third-order valence-corrected chi connectivity index (χ3v) is 4.98. The number of carbonyl (C=O) groups is 2. The van der Waals surface area contributed by atoms with Gasteiger partial charge in [0.05, 0.1) is 17.3 Å². The number of alkyl halides is 3. The summed E-state index contributed by atoms with van der Waals surface area (Å²) >= 11 is 0. The van der Waals surface area contributed by atoms with E-state index in [-0.39, 0.29) is 6.54 Å². The number of benzene rings is 2. The normalized spacial score (nSPS) is 17.4. The average Bonchev–Trinajstić information content (AvgIpc) is 3.33. The number of hydrogen-bond donors (Lipinski definition) is 1. The van der Waals surface area contributed by atoms with E-state index in [4.69, 9.17) is 5.73 Å². The quantitative estimate of drug-likeness (QED) is 0.702. The Bertz CT molecular complexity index is 1110. The number of fused-ring (bicyclic) bond motifs is 1. The first-order valence-electron chi connectivity index (χ1n) is 9.18. The Labute approximate surface area is 168 Å². The number of hydroxylamine groups is 2. The van der Waals surface area contributed by atoms with Gasteiger partial charge in [-0.05, 0) is 36.6 Å². The Kier molecular flexibility index (Phi) is 4.94. The summed E-state index contributed by atoms with van der Waals surface area (Å²) in [6, 6.07) is 11.7. The van der Waals surface area contributed by atoms with Crippen molar-refractivity contribution in [3.63, 3.8) is 0 Å². The Balaban J connectivity index is 1.57. The van der Waals surface area contributed by atoms with Crippen molar-refractivity contribution in [1.29, 1.82) is 0 Å². The summed E-state index contributed by atoms with van der Waals surface area (Å²) in [4.78, 5) is 27.3. The minimum absolute atomic E-state index is 0.231. The number of primary amides is 1. The summed E-state index contributed by atoms with van der Waals surface area (Å²) in [6.07, 6.45) is -2.11. The minimum Gasteiger partial charge on any atom is -0.366 e. The molecule has 1 aliphatic heterocycles. The maximum atomic E-state index is 12.5. The van der Waals surface area contributed by atoms with E-state index >= 15 is 0 Å². The van der Waals surface area contributed by atoms with Crippen molar-refractivity contribution in [2.45, 2.75) is 25.1 Å². The topological polar surface area (TPSA) is 90.5 Å². The van der Waals surface area contributed by atoms with E-state index < -0.39 is 24.1 Å². The SMILES string of the molecule is NC(=O)c1cccc2cn(-c3ccc(C4CCCN4OC(=O)C(F)(F)F)cc3)nc12. The number of hydrogen-bond acceptors (Lipinski definition) is 5. The largest absolute Gasteiger partial charge is 0.492 e. The second kappa shape index (κ2) is 7.45. The first-order chi connectivity index (χ1) is 14.2. The van der Waals surface area contributed by atoms with Gasteiger partial charge >= 0.3 is 12.1 Å². The molecule has 30 heavy (non-hydrogen) atoms. The third kappa shape index (κ3) is 3.73. The number of halogens is 3. The lowest BCUT2D eigenvalue weighted by Crippen LogP contribution is -2.34. The highest BCUT2D eigenvalue weighted by Gasteiger charge is 2.44. The van der Waals surface area contributed by atoms with Crippen LogP contribution < -0.4 is 5.73 Å². The molecule has 0 aliphatic carbocycles. The van der Waals surface area contributed by atoms with Crippen molar-refractivity contribution in [3.8, 4) is 5.69 Å². The summed E-state index contributed by atoms with van der Waals surface area (Å²) < 4.78 is 39.1. The van der Waals surface area contributed by atoms with Gasteiger partial charge in [-0.25, -0.2) is 9.48 Å². The zero-order chi connectivity index (χ0) is 21.5. The summed E-state index contributed by atoms with van der Waals surface area (Å²) in [5.41, 5.74) is 7.61. The monoisotopic (exact) mass is 418 g/mol. The Morgan fingerprint density at radius 1 is 1.13 bits per heavy atom. The fraction of sp³-hybridized carbons (Fsp3) is 0.250. The standard InChI is InChI=1S/C20H17F3N4O3/c21-20(22,23)19(29)30-27-10-2-5-16(27)12-6-8-14(9-7-12)26-11-13-3-1-4-15(18(24)28)17(13)25-26/h1,3-4,6-9,11,16H,2,5,10H2,(H2,24,28). The molecular weight excluding hydrogens is 401 g/mol. The van der Waals surface area contributed by atoms with Crippen molar-refractivity contribution in [1.82, 2.24) is 14.8 Å². The van der Waals surface area contributed by atoms with Crippen LogP contribution in [0.1, 0.15) is 34.8 Å². The Morgan fingerprint density at radius 3 is 2.53 bits per heavy atom. The van der Waals surface area contributed by atoms with Gasteiger partial charge in [0, 0.05) is 18.1 Å². The van der Waals surface area contributed by atoms with Gasteiger partial charge in [0.15, 0.2) is 0 Å². The van der Waals surface area contributed by atoms with Crippen molar-refractivity contribution >= 4 is 22.8 Å². The van der Waals surface area contributed by atoms with E-state index in [0.29, 0.717) is 29.6 Å². The van der Waals surface area contributed by atoms with E-state index in [2.05, 4.69) is 9.94 Å². The molecule has 156 valence electrons. The van der Waals surface area contributed by atoms with Gasteiger partial charge in [0.1, 0.15) is 5.52 Å². The van der Waals surface area contributed by atoms with Gasteiger partial charge in [-0.1, -0.05) is 24.3 Å². The second-order valence-corrected chi connectivity index (χ2v) is 6.95. The van der Waals surface area contributed by atoms with Gasteiger partial charge in [-0.15, -0.1) is 5.06 Å². The Hall–Kier alpha value is -3.40. The first kappa shape index (κ1) is 19.9. The smallest absolute Gasteiger partial charge is 0.366 e. The molecule has 1 amide bonds. The first-order valence-corrected chi connectivity index (χ1v) is 9.18. The fourth-order valence-corrected chi connectivity index (χ4v) is 3.57. The van der Waals surface area contributed by atoms with E-state index in [9.17, 15) is 22.8 Å². The molecule has 3 aromatic rings. The van der Waals surface area contributed by atoms with Gasteiger partial charge in [-0.3, -0.25) is 4.79 Å². The van der Waals surface area contributed by atoms with Crippen molar-refractivity contribution in [3.05, 3.63) is 59.8 Å². The van der Waals surface area contributed by atoms with Crippen LogP contribution in [0.3, 0.4) is 0 Å². The van der Waals surface area contributed by atoms with Crippen LogP contribution in [-0.4, -0.2) is 39.4 Å². The van der Waals surface area contributed by atoms with Crippen molar-refractivity contribution in [2.75, 3.05) is 6.54 Å². The van der Waals surface area contributed by atoms with Gasteiger partial charge in [0.25, 0.3) is 5.91 Å². The summed E-state index contributed by atoms with van der Waals surface area (Å²) in [7, 11) is 0. The van der Waals surface area contributed by atoms with E-state index in [1.54, 1.807) is 47.3 Å². The van der Waals surface area contributed by atoms with Crippen LogP contribution in [0.5, 0.6) is 0 Å². The third-order valence-electron chi connectivity index (χ3n) is 4.98. The number of carbonyl (C=O) groups excluding carboxylic acids is 2. The van der Waals surface area contributed by atoms with Crippen LogP contribution in [0.4, 0.5) is 13.2 Å². The van der Waals surface area contributed by atoms with Crippen LogP contribution >= 0.6 is 0 Å². The highest BCUT2D eigenvalue weighted by atomic mass is 19.4. The molecule has 4 rings (SSSR count). The number of aromatic nitrogens is 2. The zero-order valence-corrected chi connectivity index (χ0v) is 15.6. The molecule has 7 nitrogen and oxygen atoms in total. The molecule has 1 unspecified atom stereocenters. The number of rotatable bonds is 4. The molecule has 0 bridgehead atoms. The molecule has 1 aliphatic rings. The lowest BCUT2D eigenvalue weighted by molar-refractivity contribution is -0.241. The maximum absolute atomic E-state index is 12.5. The molecule has 0 radical (unpaired) electrons. The fourth-order valence-electron chi connectivity index (χ4n) is 3.57. The minimum atomic E-state index is -5.04. The van der Waals surface area contributed by atoms with Gasteiger partial charge in [-0.2, -0.15) is 18.3 Å². The molecule has 10 heteroatoms. The molecule has 2 heterocycles. The summed E-state index contributed by atoms with van der Waals surface area (Å²) in [5, 5.41) is 6.25. The van der Waals surface area contributed by atoms with Gasteiger partial charge < -0.3 is 10.6 Å². The highest BCUT2D eigenvalue weighted by Crippen LogP contribution is 2.33. The van der Waals surface area contributed by atoms with Crippen LogP contribution in [0.25, 0.3) is 16.6 Å². The predicted octanol–water partition coefficient (Wildman–Crippen LogP) is 3.28. The molecule has 1 saturated heterocycles. The summed E-state index contributed by atoms with van der Waals surface area (Å²) in [5.74, 6) is -2.80. The van der Waals surface area contributed by atoms with Crippen molar-refractivity contribution in [2.24, 2.45) is 5.73 Å². The zero-order valence-electron chi connectivity index (χ0n) is 15.6. The van der Waals surface area contributed by atoms with E-state index in [1.807, 2.05) is 6.07 Å². The molecule has 1 aromatic heterocycles. The number of nitrogens with two attached hydrogens (primary N) is 1. The van der Waals surface area contributed by atoms with E-state index in [1.165, 1.54) is 0 Å². The summed E-state index contributed by atoms with van der Waals surface area (Å²) in [6.45, 7) is 0.231. The molecule has 0 spiro atoms. The number of amides is 1. The molecule has 0 saturated carbocycles. The average molecular weight is 418 g/mol. The second-order valence-electron chi connectivity index (χ2n) is 6.95. The maximum Gasteiger partial charge on any atom is 0.492 e. The van der Waals surface area contributed by atoms with Crippen LogP contribution in [0, 0.1) is 0 Å². The highest BCUT2D eigenvalue weighted by molar-refractivity contribution is 6.04. The van der Waals surface area contributed by atoms with Crippen LogP contribution in [0.15, 0.2) is 48.7 Å². The molecular formula is C20H17F3N4O3.